The largest absolute Gasteiger partial charge is 0.462 e. The fourth-order valence-electron chi connectivity index (χ4n) is 2.07. The zero-order valence-electron chi connectivity index (χ0n) is 12.4. The van der Waals surface area contributed by atoms with E-state index in [-0.39, 0.29) is 5.97 Å². The fraction of sp³-hybridized carbons (Fsp3) is 0.400. The van der Waals surface area contributed by atoms with E-state index in [1.54, 1.807) is 16.8 Å². The van der Waals surface area contributed by atoms with Gasteiger partial charge < -0.3 is 10.5 Å². The van der Waals surface area contributed by atoms with Gasteiger partial charge in [-0.05, 0) is 37.1 Å². The second kappa shape index (κ2) is 6.99. The highest BCUT2D eigenvalue weighted by atomic mass is 16.5. The van der Waals surface area contributed by atoms with Crippen molar-refractivity contribution in [2.45, 2.75) is 33.2 Å². The first-order valence-corrected chi connectivity index (χ1v) is 7.12. The van der Waals surface area contributed by atoms with Gasteiger partial charge in [0.05, 0.1) is 29.2 Å². The average Bonchev–Trinajstić information content (AvgIpc) is 2.95. The van der Waals surface area contributed by atoms with Crippen LogP contribution < -0.4 is 5.73 Å². The molecule has 0 aliphatic rings. The van der Waals surface area contributed by atoms with Gasteiger partial charge in [-0.2, -0.15) is 0 Å². The van der Waals surface area contributed by atoms with Crippen LogP contribution in [0.1, 0.15) is 42.0 Å². The second-order valence-electron chi connectivity index (χ2n) is 4.64. The Labute approximate surface area is 123 Å². The number of nitrogens with two attached hydrogens (primary N) is 1. The molecule has 2 aromatic rings. The van der Waals surface area contributed by atoms with Crippen LogP contribution in [0.2, 0.25) is 0 Å². The Morgan fingerprint density at radius 2 is 2.00 bits per heavy atom. The summed E-state index contributed by atoms with van der Waals surface area (Å²) in [5, 5.41) is 8.20. The van der Waals surface area contributed by atoms with E-state index in [2.05, 4.69) is 10.3 Å². The van der Waals surface area contributed by atoms with Gasteiger partial charge in [-0.3, -0.25) is 0 Å². The number of carbonyl (C=O) groups excluding carboxylic acids is 1. The minimum Gasteiger partial charge on any atom is -0.462 e. The van der Waals surface area contributed by atoms with Gasteiger partial charge in [0.1, 0.15) is 0 Å². The molecule has 1 aromatic carbocycles. The molecule has 0 unspecified atom stereocenters. The molecule has 0 saturated carbocycles. The molecule has 6 nitrogen and oxygen atoms in total. The molecular weight excluding hydrogens is 268 g/mol. The molecule has 0 aliphatic carbocycles. The number of hydrogen-bond donors (Lipinski definition) is 1. The lowest BCUT2D eigenvalue weighted by molar-refractivity contribution is 0.0505. The van der Waals surface area contributed by atoms with Crippen molar-refractivity contribution in [1.82, 2.24) is 15.0 Å². The number of hydrogen-bond acceptors (Lipinski definition) is 5. The highest BCUT2D eigenvalue weighted by Crippen LogP contribution is 2.15. The van der Waals surface area contributed by atoms with Crippen LogP contribution in [-0.4, -0.2) is 27.6 Å². The molecule has 0 spiro atoms. The Kier molecular flexibility index (Phi) is 5.05. The predicted octanol–water partition coefficient (Wildman–Crippen LogP) is 1.86. The summed E-state index contributed by atoms with van der Waals surface area (Å²) in [6, 6.07) is 7.13. The molecule has 2 N–H and O–H groups in total. The maximum absolute atomic E-state index is 11.8. The quantitative estimate of drug-likeness (QED) is 0.820. The smallest absolute Gasteiger partial charge is 0.338 e. The molecule has 0 saturated heterocycles. The number of aromatic nitrogens is 3. The molecule has 0 bridgehead atoms. The Bertz CT molecular complexity index is 605. The van der Waals surface area contributed by atoms with Crippen molar-refractivity contribution in [2.24, 2.45) is 5.73 Å². The third-order valence-corrected chi connectivity index (χ3v) is 3.16. The Morgan fingerprint density at radius 1 is 1.29 bits per heavy atom. The van der Waals surface area contributed by atoms with Crippen molar-refractivity contribution in [2.75, 3.05) is 6.61 Å². The van der Waals surface area contributed by atoms with E-state index in [0.717, 1.165) is 29.9 Å². The number of carbonyl (C=O) groups is 1. The maximum Gasteiger partial charge on any atom is 0.338 e. The molecule has 6 heteroatoms. The van der Waals surface area contributed by atoms with Crippen LogP contribution in [-0.2, 0) is 17.7 Å². The second-order valence-corrected chi connectivity index (χ2v) is 4.64. The van der Waals surface area contributed by atoms with Crippen molar-refractivity contribution < 1.29 is 9.53 Å². The van der Waals surface area contributed by atoms with Gasteiger partial charge in [0.2, 0.25) is 0 Å². The summed E-state index contributed by atoms with van der Waals surface area (Å²) in [6.45, 7) is 4.79. The first-order valence-electron chi connectivity index (χ1n) is 7.12. The third-order valence-electron chi connectivity index (χ3n) is 3.16. The summed E-state index contributed by atoms with van der Waals surface area (Å²) >= 11 is 0. The van der Waals surface area contributed by atoms with Gasteiger partial charge in [0.25, 0.3) is 0 Å². The zero-order chi connectivity index (χ0) is 15.2. The lowest BCUT2D eigenvalue weighted by Gasteiger charge is -2.07. The van der Waals surface area contributed by atoms with E-state index in [9.17, 15) is 4.79 Å². The first kappa shape index (κ1) is 15.2. The number of rotatable bonds is 6. The molecule has 0 aliphatic heterocycles. The van der Waals surface area contributed by atoms with Crippen molar-refractivity contribution in [3.63, 3.8) is 0 Å². The topological polar surface area (TPSA) is 83.0 Å². The summed E-state index contributed by atoms with van der Waals surface area (Å²) in [6.07, 6.45) is 1.60. The van der Waals surface area contributed by atoms with Crippen molar-refractivity contribution in [3.05, 3.63) is 41.2 Å². The minimum atomic E-state index is -0.305. The molecular formula is C15H20N4O2. The van der Waals surface area contributed by atoms with Gasteiger partial charge in [-0.15, -0.1) is 5.10 Å². The Hall–Kier alpha value is -2.21. The fourth-order valence-corrected chi connectivity index (χ4v) is 2.07. The summed E-state index contributed by atoms with van der Waals surface area (Å²) in [7, 11) is 0. The monoisotopic (exact) mass is 288 g/mol. The van der Waals surface area contributed by atoms with E-state index in [0.29, 0.717) is 18.7 Å². The van der Waals surface area contributed by atoms with E-state index in [1.165, 1.54) is 0 Å². The van der Waals surface area contributed by atoms with Crippen molar-refractivity contribution >= 4 is 5.97 Å². The normalized spacial score (nSPS) is 10.6. The summed E-state index contributed by atoms with van der Waals surface area (Å²) in [5.41, 5.74) is 8.82. The standard InChI is InChI=1S/C15H20N4O2/c1-3-9-21-15(20)11-5-7-12(8-6-11)19-14(4-2)13(10-16)17-18-19/h5-8H,3-4,9-10,16H2,1-2H3. The SMILES string of the molecule is CCCOC(=O)c1ccc(-n2nnc(CN)c2CC)cc1. The number of esters is 1. The zero-order valence-corrected chi connectivity index (χ0v) is 12.4. The Balaban J connectivity index is 2.23. The van der Waals surface area contributed by atoms with E-state index in [1.807, 2.05) is 26.0 Å². The van der Waals surface area contributed by atoms with Crippen LogP contribution in [0.5, 0.6) is 0 Å². The lowest BCUT2D eigenvalue weighted by atomic mass is 10.2. The molecule has 1 heterocycles. The van der Waals surface area contributed by atoms with E-state index >= 15 is 0 Å². The average molecular weight is 288 g/mol. The predicted molar refractivity (Wildman–Crippen MR) is 79.2 cm³/mol. The van der Waals surface area contributed by atoms with Gasteiger partial charge in [0, 0.05) is 6.54 Å². The molecule has 0 amide bonds. The van der Waals surface area contributed by atoms with Crippen molar-refractivity contribution in [3.8, 4) is 5.69 Å². The number of nitrogens with zero attached hydrogens (tertiary/aromatic N) is 3. The molecule has 21 heavy (non-hydrogen) atoms. The highest BCUT2D eigenvalue weighted by Gasteiger charge is 2.12. The summed E-state index contributed by atoms with van der Waals surface area (Å²) < 4.78 is 6.85. The molecule has 112 valence electrons. The van der Waals surface area contributed by atoms with Gasteiger partial charge in [0.15, 0.2) is 0 Å². The van der Waals surface area contributed by atoms with Crippen LogP contribution >= 0.6 is 0 Å². The molecule has 0 fully saturated rings. The molecule has 0 radical (unpaired) electrons. The molecule has 1 aromatic heterocycles. The minimum absolute atomic E-state index is 0.305. The van der Waals surface area contributed by atoms with Crippen molar-refractivity contribution in [1.29, 1.82) is 0 Å². The lowest BCUT2D eigenvalue weighted by Crippen LogP contribution is -2.07. The van der Waals surface area contributed by atoms with Crippen LogP contribution in [0.25, 0.3) is 5.69 Å². The number of ether oxygens (including phenoxy) is 1. The van der Waals surface area contributed by atoms with Gasteiger partial charge >= 0.3 is 5.97 Å². The summed E-state index contributed by atoms with van der Waals surface area (Å²) in [4.78, 5) is 11.8. The van der Waals surface area contributed by atoms with Gasteiger partial charge in [-0.25, -0.2) is 9.48 Å². The number of benzene rings is 1. The summed E-state index contributed by atoms with van der Waals surface area (Å²) in [5.74, 6) is -0.305. The van der Waals surface area contributed by atoms with Crippen LogP contribution in [0, 0.1) is 0 Å². The first-order chi connectivity index (χ1) is 10.2. The van der Waals surface area contributed by atoms with Gasteiger partial charge in [-0.1, -0.05) is 19.1 Å². The maximum atomic E-state index is 11.8. The Morgan fingerprint density at radius 3 is 2.57 bits per heavy atom. The van der Waals surface area contributed by atoms with E-state index < -0.39 is 0 Å². The highest BCUT2D eigenvalue weighted by molar-refractivity contribution is 5.89. The molecule has 0 atom stereocenters. The van der Waals surface area contributed by atoms with Crippen LogP contribution in [0.15, 0.2) is 24.3 Å². The third kappa shape index (κ3) is 3.28. The van der Waals surface area contributed by atoms with Crippen LogP contribution in [0.4, 0.5) is 0 Å². The molecule has 2 rings (SSSR count). The van der Waals surface area contributed by atoms with E-state index in [4.69, 9.17) is 10.5 Å². The van der Waals surface area contributed by atoms with Crippen LogP contribution in [0.3, 0.4) is 0 Å².